The molecule has 0 bridgehead atoms. The van der Waals surface area contributed by atoms with Gasteiger partial charge in [-0.3, -0.25) is 10.6 Å². The monoisotopic (exact) mass is 570 g/mol. The Hall–Kier alpha value is -3.18. The molecule has 224 valence electrons. The number of rotatable bonds is 8. The SMILES string of the molecule is CC1(COC(=O)Nc2cccc(Cc3cccc(NC(=O)OCC4(C)COC(C)(C)OC4)c3)c2)COC(C)(C)OC1. The van der Waals surface area contributed by atoms with Gasteiger partial charge in [0.1, 0.15) is 13.2 Å². The van der Waals surface area contributed by atoms with Crippen molar-refractivity contribution in [3.8, 4) is 0 Å². The quantitative estimate of drug-likeness (QED) is 0.400. The van der Waals surface area contributed by atoms with E-state index in [1.165, 1.54) is 0 Å². The fourth-order valence-electron chi connectivity index (χ4n) is 4.27. The first-order chi connectivity index (χ1) is 19.2. The smallest absolute Gasteiger partial charge is 0.411 e. The molecule has 4 rings (SSSR count). The second kappa shape index (κ2) is 12.4. The van der Waals surface area contributed by atoms with E-state index in [2.05, 4.69) is 10.6 Å². The summed E-state index contributed by atoms with van der Waals surface area (Å²) < 4.78 is 33.8. The molecule has 0 saturated carbocycles. The van der Waals surface area contributed by atoms with Gasteiger partial charge in [0.15, 0.2) is 11.6 Å². The standard InChI is InChI=1S/C31H42N2O8/c1-28(2)38-18-30(5,19-39-28)16-36-26(34)32-24-11-7-9-22(14-24)13-23-10-8-12-25(15-23)33-27(35)37-17-31(6)20-40-29(3,4)41-21-31/h7-12,14-15H,13,16-21H2,1-6H3,(H,32,34)(H,33,35). The first-order valence-corrected chi connectivity index (χ1v) is 13.8. The summed E-state index contributed by atoms with van der Waals surface area (Å²) in [6.07, 6.45) is -0.482. The van der Waals surface area contributed by atoms with Crippen LogP contribution in [-0.2, 0) is 34.8 Å². The number of amides is 2. The summed E-state index contributed by atoms with van der Waals surface area (Å²) in [4.78, 5) is 24.9. The molecule has 0 atom stereocenters. The number of hydrogen-bond acceptors (Lipinski definition) is 8. The van der Waals surface area contributed by atoms with Crippen LogP contribution in [0.1, 0.15) is 52.7 Å². The molecule has 0 aliphatic carbocycles. The zero-order chi connectivity index (χ0) is 29.7. The number of anilines is 2. The zero-order valence-corrected chi connectivity index (χ0v) is 24.8. The molecule has 2 fully saturated rings. The van der Waals surface area contributed by atoms with Gasteiger partial charge in [-0.25, -0.2) is 9.59 Å². The summed E-state index contributed by atoms with van der Waals surface area (Å²) in [6.45, 7) is 13.5. The van der Waals surface area contributed by atoms with Crippen LogP contribution in [0.2, 0.25) is 0 Å². The minimum absolute atomic E-state index is 0.176. The van der Waals surface area contributed by atoms with Crippen molar-refractivity contribution in [3.63, 3.8) is 0 Å². The number of ether oxygens (including phenoxy) is 6. The van der Waals surface area contributed by atoms with Gasteiger partial charge in [-0.2, -0.15) is 0 Å². The van der Waals surface area contributed by atoms with Crippen molar-refractivity contribution in [2.45, 2.75) is 59.5 Å². The molecular formula is C31H42N2O8. The van der Waals surface area contributed by atoms with Gasteiger partial charge in [0.05, 0.1) is 26.4 Å². The molecule has 0 aromatic heterocycles. The van der Waals surface area contributed by atoms with Gasteiger partial charge in [-0.05, 0) is 69.5 Å². The van der Waals surface area contributed by atoms with Crippen LogP contribution in [0.25, 0.3) is 0 Å². The number of carbonyl (C=O) groups is 2. The molecule has 0 spiro atoms. The molecule has 2 aromatic rings. The average Bonchev–Trinajstić information content (AvgIpc) is 2.91. The van der Waals surface area contributed by atoms with Crippen molar-refractivity contribution < 1.29 is 38.0 Å². The summed E-state index contributed by atoms with van der Waals surface area (Å²) in [6, 6.07) is 15.1. The maximum absolute atomic E-state index is 12.5. The molecule has 2 amide bonds. The Kier molecular flexibility index (Phi) is 9.28. The molecule has 10 heteroatoms. The summed E-state index contributed by atoms with van der Waals surface area (Å²) in [5, 5.41) is 5.59. The van der Waals surface area contributed by atoms with Crippen LogP contribution >= 0.6 is 0 Å². The second-order valence-corrected chi connectivity index (χ2v) is 12.6. The molecular weight excluding hydrogens is 528 g/mol. The fourth-order valence-corrected chi connectivity index (χ4v) is 4.27. The van der Waals surface area contributed by atoms with Crippen LogP contribution in [0.4, 0.5) is 21.0 Å². The van der Waals surface area contributed by atoms with Crippen LogP contribution in [0.3, 0.4) is 0 Å². The highest BCUT2D eigenvalue weighted by Gasteiger charge is 2.38. The Morgan fingerprint density at radius 1 is 0.659 bits per heavy atom. The molecule has 2 saturated heterocycles. The molecule has 0 unspecified atom stereocenters. The van der Waals surface area contributed by atoms with Crippen LogP contribution in [0.5, 0.6) is 0 Å². The van der Waals surface area contributed by atoms with E-state index in [0.29, 0.717) is 44.2 Å². The largest absolute Gasteiger partial charge is 0.449 e. The minimum Gasteiger partial charge on any atom is -0.449 e. The highest BCUT2D eigenvalue weighted by Crippen LogP contribution is 2.31. The Bertz CT molecular complexity index is 1110. The van der Waals surface area contributed by atoms with Gasteiger partial charge in [-0.1, -0.05) is 38.1 Å². The molecule has 0 radical (unpaired) electrons. The maximum Gasteiger partial charge on any atom is 0.411 e. The zero-order valence-electron chi connectivity index (χ0n) is 24.8. The maximum atomic E-state index is 12.5. The fraction of sp³-hybridized carbons (Fsp3) is 0.548. The van der Waals surface area contributed by atoms with E-state index in [4.69, 9.17) is 28.4 Å². The molecule has 10 nitrogen and oxygen atoms in total. The number of nitrogens with one attached hydrogen (secondary N) is 2. The molecule has 41 heavy (non-hydrogen) atoms. The van der Waals surface area contributed by atoms with Gasteiger partial charge in [0.25, 0.3) is 0 Å². The lowest BCUT2D eigenvalue weighted by Crippen LogP contribution is -2.47. The van der Waals surface area contributed by atoms with E-state index < -0.39 is 34.6 Å². The Labute approximate surface area is 242 Å². The molecule has 2 aromatic carbocycles. The van der Waals surface area contributed by atoms with E-state index in [-0.39, 0.29) is 13.2 Å². The lowest BCUT2D eigenvalue weighted by molar-refractivity contribution is -0.286. The third kappa shape index (κ3) is 9.43. The lowest BCUT2D eigenvalue weighted by Gasteiger charge is -2.40. The van der Waals surface area contributed by atoms with E-state index in [1.807, 2.05) is 77.9 Å². The third-order valence-electron chi connectivity index (χ3n) is 6.93. The molecule has 2 N–H and O–H groups in total. The van der Waals surface area contributed by atoms with Crippen molar-refractivity contribution in [3.05, 3.63) is 59.7 Å². The van der Waals surface area contributed by atoms with E-state index in [9.17, 15) is 9.59 Å². The molecule has 2 aliphatic rings. The van der Waals surface area contributed by atoms with Crippen LogP contribution < -0.4 is 10.6 Å². The second-order valence-electron chi connectivity index (χ2n) is 12.6. The topological polar surface area (TPSA) is 114 Å². The van der Waals surface area contributed by atoms with Crippen molar-refractivity contribution >= 4 is 23.6 Å². The summed E-state index contributed by atoms with van der Waals surface area (Å²) in [5.41, 5.74) is 2.40. The van der Waals surface area contributed by atoms with Crippen molar-refractivity contribution in [1.29, 1.82) is 0 Å². The number of hydrogen-bond donors (Lipinski definition) is 2. The number of benzene rings is 2. The van der Waals surface area contributed by atoms with Crippen LogP contribution in [0, 0.1) is 10.8 Å². The van der Waals surface area contributed by atoms with Gasteiger partial charge in [0, 0.05) is 22.2 Å². The van der Waals surface area contributed by atoms with Crippen molar-refractivity contribution in [2.24, 2.45) is 10.8 Å². The van der Waals surface area contributed by atoms with Gasteiger partial charge in [-0.15, -0.1) is 0 Å². The third-order valence-corrected chi connectivity index (χ3v) is 6.93. The average molecular weight is 571 g/mol. The summed E-state index contributed by atoms with van der Waals surface area (Å²) >= 11 is 0. The Balaban J connectivity index is 1.25. The van der Waals surface area contributed by atoms with Crippen LogP contribution in [0.15, 0.2) is 48.5 Å². The summed E-state index contributed by atoms with van der Waals surface area (Å²) in [7, 11) is 0. The predicted molar refractivity (Wildman–Crippen MR) is 154 cm³/mol. The normalized spacial score (nSPS) is 20.4. The first-order valence-electron chi connectivity index (χ1n) is 13.8. The van der Waals surface area contributed by atoms with Crippen molar-refractivity contribution in [1.82, 2.24) is 0 Å². The predicted octanol–water partition coefficient (Wildman–Crippen LogP) is 5.95. The van der Waals surface area contributed by atoms with E-state index >= 15 is 0 Å². The molecule has 2 aliphatic heterocycles. The first kappa shape index (κ1) is 30.8. The van der Waals surface area contributed by atoms with Crippen LogP contribution in [-0.4, -0.2) is 63.4 Å². The van der Waals surface area contributed by atoms with Crippen molar-refractivity contribution in [2.75, 3.05) is 50.3 Å². The highest BCUT2D eigenvalue weighted by molar-refractivity contribution is 5.85. The summed E-state index contributed by atoms with van der Waals surface area (Å²) in [5.74, 6) is -1.25. The number of carbonyl (C=O) groups excluding carboxylic acids is 2. The molecule has 2 heterocycles. The Morgan fingerprint density at radius 3 is 1.39 bits per heavy atom. The Morgan fingerprint density at radius 2 is 1.02 bits per heavy atom. The van der Waals surface area contributed by atoms with Gasteiger partial charge in [0.2, 0.25) is 0 Å². The van der Waals surface area contributed by atoms with E-state index in [1.54, 1.807) is 12.1 Å². The minimum atomic E-state index is -0.627. The van der Waals surface area contributed by atoms with E-state index in [0.717, 1.165) is 11.1 Å². The van der Waals surface area contributed by atoms with Gasteiger partial charge >= 0.3 is 12.2 Å². The van der Waals surface area contributed by atoms with Gasteiger partial charge < -0.3 is 28.4 Å². The highest BCUT2D eigenvalue weighted by atomic mass is 16.7. The lowest BCUT2D eigenvalue weighted by atomic mass is 9.93.